The Labute approximate surface area is 182 Å². The predicted molar refractivity (Wildman–Crippen MR) is 120 cm³/mol. The van der Waals surface area contributed by atoms with E-state index >= 15 is 0 Å². The van der Waals surface area contributed by atoms with Crippen LogP contribution < -0.4 is 5.32 Å². The highest BCUT2D eigenvalue weighted by Crippen LogP contribution is 2.26. The Hall–Kier alpha value is -3.90. The summed E-state index contributed by atoms with van der Waals surface area (Å²) in [5, 5.41) is 12.5. The molecule has 0 aliphatic rings. The maximum absolute atomic E-state index is 12.5. The minimum Gasteiger partial charge on any atom is -0.481 e. The smallest absolute Gasteiger partial charge is 0.308 e. The summed E-state index contributed by atoms with van der Waals surface area (Å²) in [4.78, 5) is 28.3. The number of rotatable bonds is 6. The minimum atomic E-state index is -1.00. The van der Waals surface area contributed by atoms with Gasteiger partial charge in [-0.3, -0.25) is 9.59 Å². The van der Waals surface area contributed by atoms with Gasteiger partial charge in [0.1, 0.15) is 5.52 Å². The molecule has 31 heavy (non-hydrogen) atoms. The Kier molecular flexibility index (Phi) is 5.82. The standard InChI is InChI=1S/C24H17ClN2O4/c25-19-9-2-1-8-18(19)23(30)26-17-7-5-6-15(13-17)12-16(14-22(28)29)24-27-20-10-3-4-11-21(20)31-24/h1-13H,14H2,(H,26,30)(H,28,29)/b16-12+. The molecule has 4 aromatic rings. The average Bonchev–Trinajstić information content (AvgIpc) is 3.18. The van der Waals surface area contributed by atoms with Gasteiger partial charge in [-0.2, -0.15) is 0 Å². The molecule has 1 aromatic heterocycles. The molecule has 6 nitrogen and oxygen atoms in total. The Morgan fingerprint density at radius 2 is 1.81 bits per heavy atom. The van der Waals surface area contributed by atoms with Crippen LogP contribution in [0, 0.1) is 0 Å². The van der Waals surface area contributed by atoms with Gasteiger partial charge in [0.15, 0.2) is 5.58 Å². The lowest BCUT2D eigenvalue weighted by Gasteiger charge is -2.08. The van der Waals surface area contributed by atoms with Gasteiger partial charge < -0.3 is 14.8 Å². The number of anilines is 1. The molecular weight excluding hydrogens is 416 g/mol. The highest BCUT2D eigenvalue weighted by atomic mass is 35.5. The molecule has 0 radical (unpaired) electrons. The number of halogens is 1. The van der Waals surface area contributed by atoms with Crippen LogP contribution in [-0.2, 0) is 4.79 Å². The molecule has 0 aliphatic carbocycles. The van der Waals surface area contributed by atoms with Gasteiger partial charge in [-0.05, 0) is 48.0 Å². The summed E-state index contributed by atoms with van der Waals surface area (Å²) < 4.78 is 5.74. The molecule has 1 heterocycles. The zero-order valence-electron chi connectivity index (χ0n) is 16.2. The van der Waals surface area contributed by atoms with Gasteiger partial charge in [0, 0.05) is 11.3 Å². The Bertz CT molecular complexity index is 1280. The van der Waals surface area contributed by atoms with Crippen LogP contribution in [0.15, 0.2) is 77.2 Å². The number of hydrogen-bond donors (Lipinski definition) is 2. The number of para-hydroxylation sites is 2. The number of fused-ring (bicyclic) bond motifs is 1. The lowest BCUT2D eigenvalue weighted by atomic mass is 10.1. The number of nitrogens with one attached hydrogen (secondary N) is 1. The first kappa shape index (κ1) is 20.4. The molecule has 1 amide bonds. The zero-order chi connectivity index (χ0) is 21.8. The average molecular weight is 433 g/mol. The number of nitrogens with zero attached hydrogens (tertiary/aromatic N) is 1. The van der Waals surface area contributed by atoms with Crippen LogP contribution in [0.4, 0.5) is 5.69 Å². The second-order valence-corrected chi connectivity index (χ2v) is 7.19. The maximum atomic E-state index is 12.5. The van der Waals surface area contributed by atoms with Crippen LogP contribution in [0.3, 0.4) is 0 Å². The van der Waals surface area contributed by atoms with E-state index in [2.05, 4.69) is 10.3 Å². The van der Waals surface area contributed by atoms with Crippen LogP contribution in [0.5, 0.6) is 0 Å². The first-order valence-electron chi connectivity index (χ1n) is 9.44. The third-order valence-electron chi connectivity index (χ3n) is 4.51. The highest BCUT2D eigenvalue weighted by Gasteiger charge is 2.15. The number of aliphatic carboxylic acids is 1. The van der Waals surface area contributed by atoms with Crippen molar-refractivity contribution in [2.45, 2.75) is 6.42 Å². The van der Waals surface area contributed by atoms with E-state index in [1.54, 1.807) is 66.7 Å². The molecule has 154 valence electrons. The lowest BCUT2D eigenvalue weighted by Crippen LogP contribution is -2.12. The van der Waals surface area contributed by atoms with Crippen molar-refractivity contribution in [1.29, 1.82) is 0 Å². The molecule has 0 aliphatic heterocycles. The number of oxazole rings is 1. The first-order valence-corrected chi connectivity index (χ1v) is 9.81. The molecule has 0 fully saturated rings. The quantitative estimate of drug-likeness (QED) is 0.404. The monoisotopic (exact) mass is 432 g/mol. The number of aromatic nitrogens is 1. The second-order valence-electron chi connectivity index (χ2n) is 6.79. The molecule has 0 saturated carbocycles. The Morgan fingerprint density at radius 1 is 1.03 bits per heavy atom. The van der Waals surface area contributed by atoms with Crippen molar-refractivity contribution in [3.8, 4) is 0 Å². The first-order chi connectivity index (χ1) is 15.0. The van der Waals surface area contributed by atoms with Crippen molar-refractivity contribution >= 4 is 51.9 Å². The number of hydrogen-bond acceptors (Lipinski definition) is 4. The molecule has 0 spiro atoms. The van der Waals surface area contributed by atoms with Crippen molar-refractivity contribution in [3.05, 3.63) is 94.8 Å². The van der Waals surface area contributed by atoms with Crippen LogP contribution >= 0.6 is 11.6 Å². The summed E-state index contributed by atoms with van der Waals surface area (Å²) in [6.07, 6.45) is 1.42. The number of carboxylic acid groups (broad SMARTS) is 1. The number of carbonyl (C=O) groups excluding carboxylic acids is 1. The lowest BCUT2D eigenvalue weighted by molar-refractivity contribution is -0.135. The fraction of sp³-hybridized carbons (Fsp3) is 0.0417. The fourth-order valence-electron chi connectivity index (χ4n) is 3.11. The van der Waals surface area contributed by atoms with Crippen molar-refractivity contribution < 1.29 is 19.1 Å². The summed E-state index contributed by atoms with van der Waals surface area (Å²) in [7, 11) is 0. The molecule has 4 rings (SSSR count). The minimum absolute atomic E-state index is 0.245. The van der Waals surface area contributed by atoms with Gasteiger partial charge >= 0.3 is 5.97 Å². The van der Waals surface area contributed by atoms with E-state index in [1.807, 2.05) is 12.1 Å². The zero-order valence-corrected chi connectivity index (χ0v) is 17.0. The van der Waals surface area contributed by atoms with Crippen LogP contribution in [0.25, 0.3) is 22.7 Å². The molecular formula is C24H17ClN2O4. The summed E-state index contributed by atoms with van der Waals surface area (Å²) in [5.41, 5.74) is 3.24. The molecule has 0 atom stereocenters. The SMILES string of the molecule is O=C(O)C/C(=C\c1cccc(NC(=O)c2ccccc2Cl)c1)c1nc2ccccc2o1. The van der Waals surface area contributed by atoms with E-state index in [0.29, 0.717) is 38.5 Å². The highest BCUT2D eigenvalue weighted by molar-refractivity contribution is 6.34. The van der Waals surface area contributed by atoms with Gasteiger partial charge in [0.25, 0.3) is 5.91 Å². The Morgan fingerprint density at radius 3 is 2.58 bits per heavy atom. The number of carboxylic acids is 1. The third kappa shape index (κ3) is 4.82. The molecule has 3 aromatic carbocycles. The summed E-state index contributed by atoms with van der Waals surface area (Å²) in [6, 6.07) is 21.0. The van der Waals surface area contributed by atoms with E-state index < -0.39 is 5.97 Å². The van der Waals surface area contributed by atoms with E-state index in [9.17, 15) is 14.7 Å². The fourth-order valence-corrected chi connectivity index (χ4v) is 3.33. The van der Waals surface area contributed by atoms with Crippen LogP contribution in [0.2, 0.25) is 5.02 Å². The number of benzene rings is 3. The van der Waals surface area contributed by atoms with Gasteiger partial charge in [-0.15, -0.1) is 0 Å². The van der Waals surface area contributed by atoms with Gasteiger partial charge in [-0.1, -0.05) is 48.0 Å². The molecule has 0 unspecified atom stereocenters. The van der Waals surface area contributed by atoms with Gasteiger partial charge in [-0.25, -0.2) is 4.98 Å². The van der Waals surface area contributed by atoms with E-state index in [4.69, 9.17) is 16.0 Å². The van der Waals surface area contributed by atoms with E-state index in [0.717, 1.165) is 0 Å². The summed E-state index contributed by atoms with van der Waals surface area (Å²) in [5.74, 6) is -1.10. The van der Waals surface area contributed by atoms with E-state index in [1.165, 1.54) is 0 Å². The molecule has 7 heteroatoms. The van der Waals surface area contributed by atoms with Gasteiger partial charge in [0.05, 0.1) is 17.0 Å². The van der Waals surface area contributed by atoms with E-state index in [-0.39, 0.29) is 18.2 Å². The third-order valence-corrected chi connectivity index (χ3v) is 4.84. The van der Waals surface area contributed by atoms with Crippen molar-refractivity contribution in [1.82, 2.24) is 4.98 Å². The van der Waals surface area contributed by atoms with Crippen molar-refractivity contribution in [2.75, 3.05) is 5.32 Å². The second kappa shape index (κ2) is 8.85. The van der Waals surface area contributed by atoms with Gasteiger partial charge in [0.2, 0.25) is 5.89 Å². The number of carbonyl (C=O) groups is 2. The largest absolute Gasteiger partial charge is 0.481 e. The maximum Gasteiger partial charge on any atom is 0.308 e. The normalized spacial score (nSPS) is 11.5. The topological polar surface area (TPSA) is 92.4 Å². The summed E-state index contributed by atoms with van der Waals surface area (Å²) in [6.45, 7) is 0. The Balaban J connectivity index is 1.64. The number of amides is 1. The van der Waals surface area contributed by atoms with Crippen LogP contribution in [0.1, 0.15) is 28.2 Å². The molecule has 2 N–H and O–H groups in total. The van der Waals surface area contributed by atoms with Crippen LogP contribution in [-0.4, -0.2) is 22.0 Å². The summed E-state index contributed by atoms with van der Waals surface area (Å²) >= 11 is 6.09. The molecule has 0 saturated heterocycles. The van der Waals surface area contributed by atoms with Crippen molar-refractivity contribution in [2.24, 2.45) is 0 Å². The molecule has 0 bridgehead atoms. The van der Waals surface area contributed by atoms with Crippen molar-refractivity contribution in [3.63, 3.8) is 0 Å². The predicted octanol–water partition coefficient (Wildman–Crippen LogP) is 5.75.